The van der Waals surface area contributed by atoms with Gasteiger partial charge in [0.1, 0.15) is 0 Å². The molecule has 2 nitrogen and oxygen atoms in total. The van der Waals surface area contributed by atoms with Crippen LogP contribution < -0.4 is 0 Å². The number of carbonyl (C=O) groups excluding carboxylic acids is 1. The zero-order valence-corrected chi connectivity index (χ0v) is 37.5. The van der Waals surface area contributed by atoms with Crippen LogP contribution in [0.2, 0.25) is 0 Å². The summed E-state index contributed by atoms with van der Waals surface area (Å²) in [5.74, 6) is 0.0435. The molecular weight excluding hydrogens is 967 g/mol. The topological polar surface area (TPSA) is 30.0 Å². The molecule has 14 rings (SSSR count). The Morgan fingerprint density at radius 3 is 1.03 bits per heavy atom. The Labute approximate surface area is 392 Å². The van der Waals surface area contributed by atoms with Gasteiger partial charge in [-0.25, -0.2) is 0 Å². The fourth-order valence-corrected chi connectivity index (χ4v) is 11.7. The molecule has 1 radical (unpaired) electrons. The van der Waals surface area contributed by atoms with Crippen LogP contribution >= 0.6 is 0 Å². The maximum Gasteiger partial charge on any atom is 0.193 e. The van der Waals surface area contributed by atoms with E-state index in [-0.39, 0.29) is 25.9 Å². The van der Waals surface area contributed by atoms with Gasteiger partial charge in [-0.05, 0) is 113 Å². The molecule has 2 spiro atoms. The van der Waals surface area contributed by atoms with Gasteiger partial charge in [0, 0.05) is 37.4 Å². The van der Waals surface area contributed by atoms with Crippen LogP contribution in [0.1, 0.15) is 60.4 Å². The van der Waals surface area contributed by atoms with E-state index < -0.39 is 10.8 Å². The minimum Gasteiger partial charge on any atom is -0.305 e. The number of hydrogen-bond acceptors (Lipinski definition) is 2. The van der Waals surface area contributed by atoms with Gasteiger partial charge in [-0.2, -0.15) is 0 Å². The molecule has 0 saturated carbocycles. The summed E-state index contributed by atoms with van der Waals surface area (Å²) in [6.07, 6.45) is 1.79. The van der Waals surface area contributed by atoms with Crippen LogP contribution in [-0.4, -0.2) is 10.8 Å². The van der Waals surface area contributed by atoms with E-state index >= 15 is 0 Å². The summed E-state index contributed by atoms with van der Waals surface area (Å²) in [7, 11) is 0. The third-order valence-electron chi connectivity index (χ3n) is 14.2. The van der Waals surface area contributed by atoms with Crippen molar-refractivity contribution in [2.24, 2.45) is 0 Å². The van der Waals surface area contributed by atoms with E-state index in [0.29, 0.717) is 11.1 Å². The minimum absolute atomic E-state index is 0. The van der Waals surface area contributed by atoms with E-state index in [2.05, 4.69) is 181 Å². The molecule has 4 aliphatic rings. The number of ketones is 1. The molecule has 0 fully saturated rings. The Morgan fingerprint density at radius 2 is 0.692 bits per heavy atom. The molecule has 65 heavy (non-hydrogen) atoms. The fourth-order valence-electron chi connectivity index (χ4n) is 11.7. The second-order valence-corrected chi connectivity index (χ2v) is 17.1. The molecule has 0 unspecified atom stereocenters. The second kappa shape index (κ2) is 15.0. The van der Waals surface area contributed by atoms with Gasteiger partial charge in [0.25, 0.3) is 0 Å². The van der Waals surface area contributed by atoms with E-state index in [1.54, 1.807) is 6.20 Å². The van der Waals surface area contributed by atoms with Gasteiger partial charge in [0.15, 0.2) is 5.78 Å². The number of fused-ring (bicyclic) bond motifs is 20. The molecule has 1 aromatic heterocycles. The fraction of sp³-hybridized carbons (Fsp3) is 0.0323. The third-order valence-corrected chi connectivity index (χ3v) is 14.2. The number of hydrogen-bond donors (Lipinski definition) is 0. The Balaban J connectivity index is 0.000000298. The van der Waals surface area contributed by atoms with Crippen molar-refractivity contribution in [2.45, 2.75) is 10.8 Å². The molecule has 307 valence electrons. The standard InChI is InChI=1S/C51H30O.C11H8N.Ir/c52-49(31-25-27-39-37-17-5-11-23-45(37)50(47(39)29-31)41-19-7-1-13-33(41)34-14-2-8-20-42(34)50)32-26-28-40-38-18-6-12-24-46(38)51(48(40)30-32)43-21-9-3-15-35(43)36-16-4-10-22-44(36)51;1-2-6-10(7-3-1)11-8-4-5-9-12-11;/h1-30H;1-6,8-9H;/q;-1;. The first-order chi connectivity index (χ1) is 31.7. The van der Waals surface area contributed by atoms with Crippen LogP contribution in [0.4, 0.5) is 0 Å². The average molecular weight is 1010 g/mol. The number of pyridine rings is 1. The van der Waals surface area contributed by atoms with Crippen LogP contribution in [0, 0.1) is 6.07 Å². The number of benzene rings is 9. The van der Waals surface area contributed by atoms with Gasteiger partial charge in [-0.15, -0.1) is 35.9 Å². The van der Waals surface area contributed by atoms with Crippen LogP contribution in [0.3, 0.4) is 0 Å². The van der Waals surface area contributed by atoms with Gasteiger partial charge in [-0.1, -0.05) is 182 Å². The first-order valence-corrected chi connectivity index (χ1v) is 22.0. The molecule has 9 aromatic carbocycles. The van der Waals surface area contributed by atoms with Crippen molar-refractivity contribution in [3.8, 4) is 55.8 Å². The second-order valence-electron chi connectivity index (χ2n) is 17.1. The monoisotopic (exact) mass is 1010 g/mol. The Hall–Kier alpha value is -7.55. The smallest absolute Gasteiger partial charge is 0.193 e. The van der Waals surface area contributed by atoms with Crippen molar-refractivity contribution in [3.05, 3.63) is 292 Å². The van der Waals surface area contributed by atoms with Crippen molar-refractivity contribution in [3.63, 3.8) is 0 Å². The molecule has 0 N–H and O–H groups in total. The van der Waals surface area contributed by atoms with E-state index in [1.165, 1.54) is 89.0 Å². The molecule has 3 heteroatoms. The SMILES string of the molecule is O=C(c1ccc2c(c1)C1(c3ccccc3-c3ccccc31)c1ccccc1-2)c1ccc2c(c1)C1(c3ccccc3-c3ccccc31)c1ccccc1-2.[Ir].[c-]1ccccc1-c1ccccn1. The van der Waals surface area contributed by atoms with Crippen molar-refractivity contribution < 1.29 is 24.9 Å². The number of rotatable bonds is 3. The molecule has 0 bridgehead atoms. The van der Waals surface area contributed by atoms with Gasteiger partial charge in [0.2, 0.25) is 0 Å². The quantitative estimate of drug-likeness (QED) is 0.130. The van der Waals surface area contributed by atoms with Gasteiger partial charge < -0.3 is 4.98 Å². The molecule has 4 aliphatic carbocycles. The summed E-state index contributed by atoms with van der Waals surface area (Å²) in [6, 6.07) is 82.6. The molecule has 1 heterocycles. The Kier molecular flexibility index (Phi) is 9.04. The normalized spacial score (nSPS) is 13.7. The minimum atomic E-state index is -0.490. The van der Waals surface area contributed by atoms with Crippen LogP contribution in [0.5, 0.6) is 0 Å². The first kappa shape index (κ1) is 39.1. The summed E-state index contributed by atoms with van der Waals surface area (Å²) >= 11 is 0. The van der Waals surface area contributed by atoms with E-state index in [0.717, 1.165) is 11.3 Å². The number of carbonyl (C=O) groups is 1. The van der Waals surface area contributed by atoms with Gasteiger partial charge in [-0.3, -0.25) is 4.79 Å². The maximum absolute atomic E-state index is 15.0. The van der Waals surface area contributed by atoms with Crippen LogP contribution in [0.25, 0.3) is 55.8 Å². The van der Waals surface area contributed by atoms with E-state index in [1.807, 2.05) is 54.6 Å². The molecular formula is C62H38IrNO-. The summed E-state index contributed by atoms with van der Waals surface area (Å²) < 4.78 is 0. The summed E-state index contributed by atoms with van der Waals surface area (Å²) in [6.45, 7) is 0. The predicted molar refractivity (Wildman–Crippen MR) is 257 cm³/mol. The van der Waals surface area contributed by atoms with Crippen molar-refractivity contribution in [2.75, 3.05) is 0 Å². The summed E-state index contributed by atoms with van der Waals surface area (Å²) in [5.41, 5.74) is 22.4. The number of nitrogens with zero attached hydrogens (tertiary/aromatic N) is 1. The van der Waals surface area contributed by atoms with Gasteiger partial charge in [0.05, 0.1) is 10.8 Å². The van der Waals surface area contributed by atoms with Crippen LogP contribution in [0.15, 0.2) is 231 Å². The average Bonchev–Trinajstić information content (AvgIpc) is 4.06. The van der Waals surface area contributed by atoms with Crippen molar-refractivity contribution >= 4 is 5.78 Å². The Morgan fingerprint density at radius 1 is 0.354 bits per heavy atom. The molecule has 0 atom stereocenters. The molecule has 0 aliphatic heterocycles. The van der Waals surface area contributed by atoms with Crippen LogP contribution in [-0.2, 0) is 30.9 Å². The third kappa shape index (κ3) is 5.38. The summed E-state index contributed by atoms with van der Waals surface area (Å²) in [4.78, 5) is 19.2. The van der Waals surface area contributed by atoms with Crippen molar-refractivity contribution in [1.29, 1.82) is 0 Å². The first-order valence-electron chi connectivity index (χ1n) is 22.0. The zero-order chi connectivity index (χ0) is 42.4. The van der Waals surface area contributed by atoms with E-state index in [4.69, 9.17) is 0 Å². The maximum atomic E-state index is 15.0. The molecule has 0 saturated heterocycles. The van der Waals surface area contributed by atoms with Gasteiger partial charge >= 0.3 is 0 Å². The molecule has 10 aromatic rings. The zero-order valence-electron chi connectivity index (χ0n) is 35.1. The van der Waals surface area contributed by atoms with Crippen molar-refractivity contribution in [1.82, 2.24) is 4.98 Å². The predicted octanol–water partition coefficient (Wildman–Crippen LogP) is 14.2. The Bertz CT molecular complexity index is 3180. The molecule has 0 amide bonds. The van der Waals surface area contributed by atoms with E-state index in [9.17, 15) is 4.79 Å². The number of aromatic nitrogens is 1. The largest absolute Gasteiger partial charge is 0.305 e. The summed E-state index contributed by atoms with van der Waals surface area (Å²) in [5, 5.41) is 0.